The average molecular weight is 164 g/mol. The smallest absolute Gasteiger partial charge is 0.261 e. The first kappa shape index (κ1) is 7.02. The van der Waals surface area contributed by atoms with Gasteiger partial charge < -0.3 is 9.30 Å². The molecule has 0 N–H and O–H groups in total. The number of rotatable bonds is 1. The van der Waals surface area contributed by atoms with Gasteiger partial charge in [0.25, 0.3) is 5.88 Å². The number of nitrogens with zero attached hydrogens (tertiary/aromatic N) is 4. The molecule has 0 amide bonds. The molecular weight excluding hydrogens is 156 g/mol. The molecule has 0 aliphatic carbocycles. The maximum atomic E-state index is 4.99. The molecule has 0 aliphatic heterocycles. The van der Waals surface area contributed by atoms with Gasteiger partial charge in [0.05, 0.1) is 25.2 Å². The number of ether oxygens (including phenoxy) is 1. The molecule has 2 aromatic heterocycles. The highest BCUT2D eigenvalue weighted by Gasteiger charge is 2.06. The Kier molecular flexibility index (Phi) is 1.43. The van der Waals surface area contributed by atoms with Crippen LogP contribution in [0.25, 0.3) is 11.0 Å². The van der Waals surface area contributed by atoms with Crippen LogP contribution in [-0.4, -0.2) is 26.9 Å². The van der Waals surface area contributed by atoms with Crippen LogP contribution in [-0.2, 0) is 7.05 Å². The zero-order valence-corrected chi connectivity index (χ0v) is 6.85. The van der Waals surface area contributed by atoms with Crippen molar-refractivity contribution in [3.8, 4) is 5.88 Å². The van der Waals surface area contributed by atoms with Crippen LogP contribution in [0.2, 0.25) is 0 Å². The molecule has 0 saturated carbocycles. The van der Waals surface area contributed by atoms with E-state index in [1.165, 1.54) is 0 Å². The van der Waals surface area contributed by atoms with Gasteiger partial charge >= 0.3 is 0 Å². The first-order chi connectivity index (χ1) is 5.83. The third-order valence-electron chi connectivity index (χ3n) is 1.71. The monoisotopic (exact) mass is 164 g/mol. The second kappa shape index (κ2) is 2.44. The first-order valence-electron chi connectivity index (χ1n) is 3.49. The van der Waals surface area contributed by atoms with E-state index >= 15 is 0 Å². The Hall–Kier alpha value is -1.65. The molecule has 2 aromatic rings. The summed E-state index contributed by atoms with van der Waals surface area (Å²) in [5, 5.41) is 7.57. The molecule has 62 valence electrons. The van der Waals surface area contributed by atoms with E-state index in [4.69, 9.17) is 4.74 Å². The number of methoxy groups -OCH3 is 1. The number of hydrogen-bond acceptors (Lipinski definition) is 4. The van der Waals surface area contributed by atoms with Gasteiger partial charge in [-0.3, -0.25) is 0 Å². The summed E-state index contributed by atoms with van der Waals surface area (Å²) in [7, 11) is 3.45. The maximum absolute atomic E-state index is 4.99. The third-order valence-corrected chi connectivity index (χ3v) is 1.71. The van der Waals surface area contributed by atoms with E-state index in [9.17, 15) is 0 Å². The summed E-state index contributed by atoms with van der Waals surface area (Å²) in [5.74, 6) is 0.466. The van der Waals surface area contributed by atoms with Crippen LogP contribution in [0.3, 0.4) is 0 Å². The van der Waals surface area contributed by atoms with E-state index in [2.05, 4.69) is 15.2 Å². The van der Waals surface area contributed by atoms with E-state index in [0.29, 0.717) is 5.88 Å². The fourth-order valence-corrected chi connectivity index (χ4v) is 1.08. The molecule has 0 aromatic carbocycles. The SMILES string of the molecule is COc1nncc2c1ncn2C. The lowest BCUT2D eigenvalue weighted by Gasteiger charge is -1.97. The van der Waals surface area contributed by atoms with Crippen LogP contribution in [0.1, 0.15) is 0 Å². The molecule has 0 bridgehead atoms. The third kappa shape index (κ3) is 0.827. The van der Waals surface area contributed by atoms with Crippen LogP contribution in [0.5, 0.6) is 5.88 Å². The van der Waals surface area contributed by atoms with Gasteiger partial charge in [-0.2, -0.15) is 5.10 Å². The fraction of sp³-hybridized carbons (Fsp3) is 0.286. The number of imidazole rings is 1. The minimum atomic E-state index is 0.466. The highest BCUT2D eigenvalue weighted by atomic mass is 16.5. The molecule has 12 heavy (non-hydrogen) atoms. The first-order valence-corrected chi connectivity index (χ1v) is 3.49. The summed E-state index contributed by atoms with van der Waals surface area (Å²) in [4.78, 5) is 4.12. The van der Waals surface area contributed by atoms with Gasteiger partial charge in [0.1, 0.15) is 0 Å². The Bertz CT molecular complexity index is 409. The normalized spacial score (nSPS) is 10.5. The molecule has 0 spiro atoms. The van der Waals surface area contributed by atoms with E-state index in [0.717, 1.165) is 11.0 Å². The standard InChI is InChI=1S/C7H8N4O/c1-11-4-8-6-5(11)3-9-10-7(6)12-2/h3-4H,1-2H3. The summed E-state index contributed by atoms with van der Waals surface area (Å²) < 4.78 is 6.86. The molecule has 0 radical (unpaired) electrons. The zero-order valence-electron chi connectivity index (χ0n) is 6.85. The zero-order chi connectivity index (χ0) is 8.55. The summed E-state index contributed by atoms with van der Waals surface area (Å²) >= 11 is 0. The Morgan fingerprint density at radius 3 is 3.08 bits per heavy atom. The van der Waals surface area contributed by atoms with Crippen molar-refractivity contribution in [1.82, 2.24) is 19.7 Å². The predicted molar refractivity (Wildman–Crippen MR) is 42.9 cm³/mol. The minimum Gasteiger partial charge on any atom is -0.478 e. The van der Waals surface area contributed by atoms with Crippen LogP contribution in [0.4, 0.5) is 0 Å². The highest BCUT2D eigenvalue weighted by molar-refractivity contribution is 5.78. The Morgan fingerprint density at radius 1 is 1.50 bits per heavy atom. The highest BCUT2D eigenvalue weighted by Crippen LogP contribution is 2.18. The lowest BCUT2D eigenvalue weighted by molar-refractivity contribution is 0.397. The summed E-state index contributed by atoms with van der Waals surface area (Å²) in [6.45, 7) is 0. The van der Waals surface area contributed by atoms with Crippen molar-refractivity contribution in [2.75, 3.05) is 7.11 Å². The lowest BCUT2D eigenvalue weighted by atomic mass is 10.4. The molecule has 0 atom stereocenters. The van der Waals surface area contributed by atoms with E-state index in [1.54, 1.807) is 19.6 Å². The minimum absolute atomic E-state index is 0.466. The van der Waals surface area contributed by atoms with Crippen molar-refractivity contribution in [1.29, 1.82) is 0 Å². The molecule has 0 aliphatic rings. The van der Waals surface area contributed by atoms with Gasteiger partial charge in [0.15, 0.2) is 5.52 Å². The van der Waals surface area contributed by atoms with Crippen LogP contribution in [0.15, 0.2) is 12.5 Å². The second-order valence-corrected chi connectivity index (χ2v) is 2.44. The fourth-order valence-electron chi connectivity index (χ4n) is 1.08. The number of aromatic nitrogens is 4. The van der Waals surface area contributed by atoms with Crippen LogP contribution >= 0.6 is 0 Å². The van der Waals surface area contributed by atoms with Crippen molar-refractivity contribution in [3.63, 3.8) is 0 Å². The number of fused-ring (bicyclic) bond motifs is 1. The van der Waals surface area contributed by atoms with E-state index < -0.39 is 0 Å². The predicted octanol–water partition coefficient (Wildman–Crippen LogP) is 0.372. The number of hydrogen-bond donors (Lipinski definition) is 0. The van der Waals surface area contributed by atoms with Crippen molar-refractivity contribution in [3.05, 3.63) is 12.5 Å². The topological polar surface area (TPSA) is 52.8 Å². The van der Waals surface area contributed by atoms with Crippen molar-refractivity contribution in [2.24, 2.45) is 7.05 Å². The van der Waals surface area contributed by atoms with Gasteiger partial charge in [-0.1, -0.05) is 0 Å². The lowest BCUT2D eigenvalue weighted by Crippen LogP contribution is -1.92. The molecule has 0 fully saturated rings. The van der Waals surface area contributed by atoms with Crippen molar-refractivity contribution in [2.45, 2.75) is 0 Å². The maximum Gasteiger partial charge on any atom is 0.261 e. The Balaban J connectivity index is 2.81. The van der Waals surface area contributed by atoms with E-state index in [-0.39, 0.29) is 0 Å². The van der Waals surface area contributed by atoms with Gasteiger partial charge in [-0.05, 0) is 0 Å². The molecule has 2 rings (SSSR count). The van der Waals surface area contributed by atoms with Crippen molar-refractivity contribution < 1.29 is 4.74 Å². The average Bonchev–Trinajstić information content (AvgIpc) is 2.48. The molecular formula is C7H8N4O. The molecule has 5 nitrogen and oxygen atoms in total. The molecule has 0 saturated heterocycles. The van der Waals surface area contributed by atoms with Crippen molar-refractivity contribution >= 4 is 11.0 Å². The van der Waals surface area contributed by atoms with Crippen LogP contribution in [0, 0.1) is 0 Å². The molecule has 2 heterocycles. The quantitative estimate of drug-likeness (QED) is 0.611. The summed E-state index contributed by atoms with van der Waals surface area (Å²) in [6, 6.07) is 0. The second-order valence-electron chi connectivity index (χ2n) is 2.44. The summed E-state index contributed by atoms with van der Waals surface area (Å²) in [5.41, 5.74) is 1.66. The largest absolute Gasteiger partial charge is 0.478 e. The van der Waals surface area contributed by atoms with Crippen LogP contribution < -0.4 is 4.74 Å². The Labute approximate surface area is 69.0 Å². The molecule has 5 heteroatoms. The molecule has 0 unspecified atom stereocenters. The summed E-state index contributed by atoms with van der Waals surface area (Å²) in [6.07, 6.45) is 3.36. The van der Waals surface area contributed by atoms with Gasteiger partial charge in [-0.25, -0.2) is 4.98 Å². The Morgan fingerprint density at radius 2 is 2.33 bits per heavy atom. The van der Waals surface area contributed by atoms with Gasteiger partial charge in [-0.15, -0.1) is 5.10 Å². The van der Waals surface area contributed by atoms with Gasteiger partial charge in [0, 0.05) is 7.05 Å². The number of aryl methyl sites for hydroxylation is 1. The van der Waals surface area contributed by atoms with E-state index in [1.807, 2.05) is 11.6 Å². The van der Waals surface area contributed by atoms with Gasteiger partial charge in [0.2, 0.25) is 0 Å².